The molecule has 0 heterocycles. The highest BCUT2D eigenvalue weighted by Crippen LogP contribution is 2.44. The monoisotopic (exact) mass is 289 g/mol. The number of rotatable bonds is 5. The van der Waals surface area contributed by atoms with Gasteiger partial charge in [0.15, 0.2) is 5.84 Å². The Hall–Kier alpha value is -1.75. The number of fused-ring (bicyclic) bond motifs is 2. The molecule has 5 nitrogen and oxygen atoms in total. The van der Waals surface area contributed by atoms with E-state index >= 15 is 0 Å². The average Bonchev–Trinajstić information content (AvgIpc) is 3.14. The van der Waals surface area contributed by atoms with Gasteiger partial charge in [-0.05, 0) is 48.8 Å². The number of oxime groups is 1. The van der Waals surface area contributed by atoms with Crippen LogP contribution in [0.2, 0.25) is 0 Å². The van der Waals surface area contributed by atoms with Crippen LogP contribution < -0.4 is 15.8 Å². The first kappa shape index (κ1) is 14.2. The number of hydrogen-bond acceptors (Lipinski definition) is 4. The SMILES string of the molecule is COc1ccc(CNC2CC3CCC2C3)cc1C(N)=NO. The molecule has 5 heteroatoms. The number of ether oxygens (including phenoxy) is 1. The van der Waals surface area contributed by atoms with Gasteiger partial charge in [-0.15, -0.1) is 0 Å². The zero-order chi connectivity index (χ0) is 14.8. The highest BCUT2D eigenvalue weighted by molar-refractivity contribution is 5.99. The minimum Gasteiger partial charge on any atom is -0.496 e. The van der Waals surface area contributed by atoms with E-state index in [1.807, 2.05) is 18.2 Å². The first-order chi connectivity index (χ1) is 10.2. The lowest BCUT2D eigenvalue weighted by Gasteiger charge is -2.23. The molecule has 4 N–H and O–H groups in total. The Morgan fingerprint density at radius 2 is 2.29 bits per heavy atom. The molecule has 0 saturated heterocycles. The number of nitrogens with zero attached hydrogens (tertiary/aromatic N) is 1. The van der Waals surface area contributed by atoms with Gasteiger partial charge in [-0.2, -0.15) is 0 Å². The fourth-order valence-corrected chi connectivity index (χ4v) is 3.86. The van der Waals surface area contributed by atoms with E-state index in [-0.39, 0.29) is 5.84 Å². The second-order valence-corrected chi connectivity index (χ2v) is 6.18. The summed E-state index contributed by atoms with van der Waals surface area (Å²) in [5.41, 5.74) is 7.46. The summed E-state index contributed by atoms with van der Waals surface area (Å²) in [6, 6.07) is 6.46. The normalized spacial score (nSPS) is 28.0. The minimum atomic E-state index is 0.0774. The number of nitrogens with one attached hydrogen (secondary N) is 1. The van der Waals surface area contributed by atoms with Crippen LogP contribution in [0.5, 0.6) is 5.75 Å². The molecule has 0 radical (unpaired) electrons. The first-order valence-corrected chi connectivity index (χ1v) is 7.59. The number of nitrogens with two attached hydrogens (primary N) is 1. The van der Waals surface area contributed by atoms with Crippen LogP contribution in [0.4, 0.5) is 0 Å². The van der Waals surface area contributed by atoms with Crippen molar-refractivity contribution in [2.45, 2.75) is 38.3 Å². The van der Waals surface area contributed by atoms with E-state index in [4.69, 9.17) is 15.7 Å². The van der Waals surface area contributed by atoms with Gasteiger partial charge in [0.1, 0.15) is 5.75 Å². The van der Waals surface area contributed by atoms with Crippen LogP contribution in [-0.2, 0) is 6.54 Å². The summed E-state index contributed by atoms with van der Waals surface area (Å²) in [5.74, 6) is 2.50. The van der Waals surface area contributed by atoms with E-state index in [2.05, 4.69) is 10.5 Å². The molecule has 3 atom stereocenters. The van der Waals surface area contributed by atoms with Crippen molar-refractivity contribution in [1.82, 2.24) is 5.32 Å². The summed E-state index contributed by atoms with van der Waals surface area (Å²) in [4.78, 5) is 0. The number of methoxy groups -OCH3 is 1. The molecule has 1 aromatic rings. The Bertz CT molecular complexity index is 544. The number of benzene rings is 1. The molecule has 0 spiro atoms. The maximum atomic E-state index is 8.86. The molecular formula is C16H23N3O2. The van der Waals surface area contributed by atoms with Crippen LogP contribution in [0.25, 0.3) is 0 Å². The van der Waals surface area contributed by atoms with Gasteiger partial charge in [-0.1, -0.05) is 17.6 Å². The van der Waals surface area contributed by atoms with Crippen molar-refractivity contribution in [3.05, 3.63) is 29.3 Å². The Labute approximate surface area is 125 Å². The lowest BCUT2D eigenvalue weighted by molar-refractivity contribution is 0.318. The summed E-state index contributed by atoms with van der Waals surface area (Å²) in [6.45, 7) is 0.809. The molecule has 2 aliphatic rings. The third kappa shape index (κ3) is 2.83. The van der Waals surface area contributed by atoms with Crippen molar-refractivity contribution >= 4 is 5.84 Å². The Morgan fingerprint density at radius 1 is 1.43 bits per heavy atom. The summed E-state index contributed by atoms with van der Waals surface area (Å²) in [6.07, 6.45) is 5.50. The number of amidine groups is 1. The predicted molar refractivity (Wildman–Crippen MR) is 81.6 cm³/mol. The lowest BCUT2D eigenvalue weighted by atomic mass is 9.95. The van der Waals surface area contributed by atoms with Crippen molar-refractivity contribution in [1.29, 1.82) is 0 Å². The van der Waals surface area contributed by atoms with E-state index in [9.17, 15) is 0 Å². The molecule has 0 aromatic heterocycles. The second kappa shape index (κ2) is 5.93. The predicted octanol–water partition coefficient (Wildman–Crippen LogP) is 2.07. The Balaban J connectivity index is 1.68. The topological polar surface area (TPSA) is 79.9 Å². The van der Waals surface area contributed by atoms with Gasteiger partial charge in [-0.25, -0.2) is 0 Å². The average molecular weight is 289 g/mol. The quantitative estimate of drug-likeness (QED) is 0.335. The van der Waals surface area contributed by atoms with Crippen LogP contribution in [-0.4, -0.2) is 24.2 Å². The highest BCUT2D eigenvalue weighted by atomic mass is 16.5. The van der Waals surface area contributed by atoms with Gasteiger partial charge in [0.05, 0.1) is 12.7 Å². The molecule has 2 fully saturated rings. The van der Waals surface area contributed by atoms with Gasteiger partial charge in [-0.3, -0.25) is 0 Å². The van der Waals surface area contributed by atoms with Crippen molar-refractivity contribution in [2.75, 3.05) is 7.11 Å². The van der Waals surface area contributed by atoms with Crippen molar-refractivity contribution < 1.29 is 9.94 Å². The van der Waals surface area contributed by atoms with E-state index in [0.29, 0.717) is 17.4 Å². The highest BCUT2D eigenvalue weighted by Gasteiger charge is 2.38. The molecule has 2 saturated carbocycles. The molecule has 1 aromatic carbocycles. The Morgan fingerprint density at radius 3 is 2.90 bits per heavy atom. The van der Waals surface area contributed by atoms with Gasteiger partial charge >= 0.3 is 0 Å². The molecule has 21 heavy (non-hydrogen) atoms. The van der Waals surface area contributed by atoms with Crippen LogP contribution in [0, 0.1) is 11.8 Å². The zero-order valence-electron chi connectivity index (χ0n) is 12.4. The van der Waals surface area contributed by atoms with Gasteiger partial charge in [0.2, 0.25) is 0 Å². The van der Waals surface area contributed by atoms with Gasteiger partial charge in [0.25, 0.3) is 0 Å². The molecular weight excluding hydrogens is 266 g/mol. The molecule has 2 aliphatic carbocycles. The smallest absolute Gasteiger partial charge is 0.173 e. The molecule has 0 amide bonds. The second-order valence-electron chi connectivity index (χ2n) is 6.18. The Kier molecular flexibility index (Phi) is 4.01. The molecule has 0 aliphatic heterocycles. The minimum absolute atomic E-state index is 0.0774. The molecule has 114 valence electrons. The third-order valence-electron chi connectivity index (χ3n) is 4.95. The number of hydrogen-bond donors (Lipinski definition) is 3. The van der Waals surface area contributed by atoms with E-state index < -0.39 is 0 Å². The van der Waals surface area contributed by atoms with Crippen molar-refractivity contribution in [2.24, 2.45) is 22.7 Å². The van der Waals surface area contributed by atoms with Gasteiger partial charge < -0.3 is 21.0 Å². The third-order valence-corrected chi connectivity index (χ3v) is 4.95. The van der Waals surface area contributed by atoms with Crippen molar-refractivity contribution in [3.8, 4) is 5.75 Å². The van der Waals surface area contributed by atoms with Crippen LogP contribution in [0.3, 0.4) is 0 Å². The summed E-state index contributed by atoms with van der Waals surface area (Å²) < 4.78 is 5.25. The lowest BCUT2D eigenvalue weighted by Crippen LogP contribution is -2.33. The molecule has 2 bridgehead atoms. The summed E-state index contributed by atoms with van der Waals surface area (Å²) >= 11 is 0. The molecule has 3 rings (SSSR count). The zero-order valence-corrected chi connectivity index (χ0v) is 12.4. The van der Waals surface area contributed by atoms with Crippen LogP contribution in [0.1, 0.15) is 36.8 Å². The van der Waals surface area contributed by atoms with E-state index in [1.165, 1.54) is 25.7 Å². The van der Waals surface area contributed by atoms with Crippen molar-refractivity contribution in [3.63, 3.8) is 0 Å². The van der Waals surface area contributed by atoms with E-state index in [1.54, 1.807) is 7.11 Å². The molecule has 3 unspecified atom stereocenters. The maximum absolute atomic E-state index is 8.86. The van der Waals surface area contributed by atoms with Gasteiger partial charge in [0, 0.05) is 12.6 Å². The maximum Gasteiger partial charge on any atom is 0.173 e. The fourth-order valence-electron chi connectivity index (χ4n) is 3.86. The van der Waals surface area contributed by atoms with Crippen LogP contribution >= 0.6 is 0 Å². The summed E-state index contributed by atoms with van der Waals surface area (Å²) in [7, 11) is 1.58. The fraction of sp³-hybridized carbons (Fsp3) is 0.562. The van der Waals surface area contributed by atoms with Crippen LogP contribution in [0.15, 0.2) is 23.4 Å². The van der Waals surface area contributed by atoms with E-state index in [0.717, 1.165) is 23.9 Å². The largest absolute Gasteiger partial charge is 0.496 e. The standard InChI is InChI=1S/C16H23N3O2/c1-21-15-5-3-11(7-13(15)16(17)19-20)9-18-14-8-10-2-4-12(14)6-10/h3,5,7,10,12,14,18,20H,2,4,6,8-9H2,1H3,(H2,17,19). The first-order valence-electron chi connectivity index (χ1n) is 7.59. The summed E-state index contributed by atoms with van der Waals surface area (Å²) in [5, 5.41) is 15.6.